The van der Waals surface area contributed by atoms with Crippen LogP contribution < -0.4 is 9.46 Å². The lowest BCUT2D eigenvalue weighted by molar-refractivity contribution is -0.140. The van der Waals surface area contributed by atoms with Crippen molar-refractivity contribution in [2.45, 2.75) is 50.7 Å². The van der Waals surface area contributed by atoms with E-state index in [1.807, 2.05) is 13.8 Å². The van der Waals surface area contributed by atoms with Crippen molar-refractivity contribution in [3.8, 4) is 5.75 Å². The standard InChI is InChI=1S/C15H21NO5S/c1-4-9(2)14(15(17)18)16-22(19,20)12-5-6-13-11(8-12)7-10(3)21-13/h5-6,8-10,14,16H,4,7H2,1-3H3,(H,17,18)/t9-,10?,14-/m0/s1. The lowest BCUT2D eigenvalue weighted by Crippen LogP contribution is -2.44. The van der Waals surface area contributed by atoms with E-state index in [1.165, 1.54) is 6.07 Å². The summed E-state index contributed by atoms with van der Waals surface area (Å²) in [6, 6.07) is 3.47. The quantitative estimate of drug-likeness (QED) is 0.831. The van der Waals surface area contributed by atoms with Crippen LogP contribution in [0.5, 0.6) is 5.75 Å². The number of carboxylic acid groups (broad SMARTS) is 1. The normalized spacial score (nSPS) is 20.0. The van der Waals surface area contributed by atoms with Gasteiger partial charge >= 0.3 is 5.97 Å². The largest absolute Gasteiger partial charge is 0.490 e. The maximum absolute atomic E-state index is 12.4. The van der Waals surface area contributed by atoms with Crippen LogP contribution in [0.25, 0.3) is 0 Å². The first kappa shape index (κ1) is 16.8. The van der Waals surface area contributed by atoms with Crippen LogP contribution in [-0.2, 0) is 21.2 Å². The van der Waals surface area contributed by atoms with Crippen molar-refractivity contribution >= 4 is 16.0 Å². The summed E-state index contributed by atoms with van der Waals surface area (Å²) in [6.45, 7) is 5.44. The van der Waals surface area contributed by atoms with Crippen molar-refractivity contribution in [1.82, 2.24) is 4.72 Å². The molecule has 0 saturated heterocycles. The second-order valence-electron chi connectivity index (χ2n) is 5.72. The molecule has 0 aromatic heterocycles. The number of fused-ring (bicyclic) bond motifs is 1. The van der Waals surface area contributed by atoms with Crippen molar-refractivity contribution in [3.05, 3.63) is 23.8 Å². The lowest BCUT2D eigenvalue weighted by atomic mass is 10.0. The van der Waals surface area contributed by atoms with Crippen LogP contribution in [0.2, 0.25) is 0 Å². The van der Waals surface area contributed by atoms with E-state index in [0.717, 1.165) is 5.56 Å². The third-order valence-electron chi connectivity index (χ3n) is 3.94. The molecule has 1 aliphatic heterocycles. The summed E-state index contributed by atoms with van der Waals surface area (Å²) in [4.78, 5) is 11.4. The van der Waals surface area contributed by atoms with Crippen LogP contribution in [0.3, 0.4) is 0 Å². The minimum absolute atomic E-state index is 0.0211. The monoisotopic (exact) mass is 327 g/mol. The first-order chi connectivity index (χ1) is 10.2. The van der Waals surface area contributed by atoms with Crippen molar-refractivity contribution in [2.24, 2.45) is 5.92 Å². The number of carboxylic acids is 1. The maximum Gasteiger partial charge on any atom is 0.322 e. The van der Waals surface area contributed by atoms with Gasteiger partial charge in [-0.1, -0.05) is 20.3 Å². The van der Waals surface area contributed by atoms with Crippen LogP contribution in [0.4, 0.5) is 0 Å². The number of aliphatic carboxylic acids is 1. The van der Waals surface area contributed by atoms with Gasteiger partial charge in [-0.05, 0) is 36.6 Å². The number of hydrogen-bond donors (Lipinski definition) is 2. The second-order valence-corrected chi connectivity index (χ2v) is 7.44. The van der Waals surface area contributed by atoms with Gasteiger partial charge in [0.15, 0.2) is 0 Å². The SMILES string of the molecule is CC[C@H](C)[C@H](NS(=O)(=O)c1ccc2c(c1)CC(C)O2)C(=O)O. The Bertz CT molecular complexity index is 671. The van der Waals surface area contributed by atoms with Crippen molar-refractivity contribution in [2.75, 3.05) is 0 Å². The van der Waals surface area contributed by atoms with Gasteiger partial charge in [0.05, 0.1) is 4.90 Å². The summed E-state index contributed by atoms with van der Waals surface area (Å²) in [5, 5.41) is 9.23. The van der Waals surface area contributed by atoms with Crippen LogP contribution in [0, 0.1) is 5.92 Å². The van der Waals surface area contributed by atoms with E-state index < -0.39 is 22.0 Å². The van der Waals surface area contributed by atoms with Gasteiger partial charge in [0, 0.05) is 6.42 Å². The van der Waals surface area contributed by atoms with Crippen molar-refractivity contribution < 1.29 is 23.1 Å². The van der Waals surface area contributed by atoms with Gasteiger partial charge in [0.25, 0.3) is 0 Å². The number of nitrogens with one attached hydrogen (secondary N) is 1. The number of benzene rings is 1. The van der Waals surface area contributed by atoms with E-state index in [4.69, 9.17) is 4.74 Å². The molecule has 1 heterocycles. The fourth-order valence-electron chi connectivity index (χ4n) is 2.45. The molecular formula is C15H21NO5S. The summed E-state index contributed by atoms with van der Waals surface area (Å²) >= 11 is 0. The Hall–Kier alpha value is -1.60. The van der Waals surface area contributed by atoms with Gasteiger partial charge in [-0.2, -0.15) is 4.72 Å². The zero-order valence-corrected chi connectivity index (χ0v) is 13.7. The highest BCUT2D eigenvalue weighted by atomic mass is 32.2. The third-order valence-corrected chi connectivity index (χ3v) is 5.38. The summed E-state index contributed by atoms with van der Waals surface area (Å²) in [6.07, 6.45) is 1.23. The molecule has 0 fully saturated rings. The molecule has 1 aromatic carbocycles. The molecule has 0 radical (unpaired) electrons. The highest BCUT2D eigenvalue weighted by Crippen LogP contribution is 2.30. The number of carbonyl (C=O) groups is 1. The van der Waals surface area contributed by atoms with Gasteiger partial charge in [-0.3, -0.25) is 4.79 Å². The van der Waals surface area contributed by atoms with Gasteiger partial charge in [-0.15, -0.1) is 0 Å². The minimum atomic E-state index is -3.89. The molecule has 0 amide bonds. The molecule has 22 heavy (non-hydrogen) atoms. The molecule has 2 N–H and O–H groups in total. The zero-order valence-electron chi connectivity index (χ0n) is 12.9. The van der Waals surface area contributed by atoms with E-state index >= 15 is 0 Å². The fourth-order valence-corrected chi connectivity index (χ4v) is 3.79. The molecule has 1 aromatic rings. The molecule has 0 spiro atoms. The number of ether oxygens (including phenoxy) is 1. The average molecular weight is 327 g/mol. The molecule has 7 heteroatoms. The van der Waals surface area contributed by atoms with Gasteiger partial charge < -0.3 is 9.84 Å². The lowest BCUT2D eigenvalue weighted by Gasteiger charge is -2.20. The van der Waals surface area contributed by atoms with Crippen LogP contribution in [-0.4, -0.2) is 31.6 Å². The number of sulfonamides is 1. The summed E-state index contributed by atoms with van der Waals surface area (Å²) in [5.41, 5.74) is 0.825. The smallest absolute Gasteiger partial charge is 0.322 e. The molecule has 0 saturated carbocycles. The van der Waals surface area contributed by atoms with E-state index in [1.54, 1.807) is 19.1 Å². The minimum Gasteiger partial charge on any atom is -0.490 e. The Balaban J connectivity index is 2.27. The Morgan fingerprint density at radius 2 is 2.18 bits per heavy atom. The third kappa shape index (κ3) is 3.41. The number of hydrogen-bond acceptors (Lipinski definition) is 4. The maximum atomic E-state index is 12.4. The predicted molar refractivity (Wildman–Crippen MR) is 81.4 cm³/mol. The topological polar surface area (TPSA) is 92.7 Å². The molecule has 1 unspecified atom stereocenters. The van der Waals surface area contributed by atoms with Crippen LogP contribution in [0.1, 0.15) is 32.8 Å². The molecule has 2 rings (SSSR count). The average Bonchev–Trinajstić information content (AvgIpc) is 2.82. The van der Waals surface area contributed by atoms with E-state index in [2.05, 4.69) is 4.72 Å². The molecule has 1 aliphatic rings. The number of rotatable bonds is 6. The Kier molecular flexibility index (Phi) is 4.77. The van der Waals surface area contributed by atoms with Crippen molar-refractivity contribution in [3.63, 3.8) is 0 Å². The molecule has 122 valence electrons. The molecule has 0 bridgehead atoms. The van der Waals surface area contributed by atoms with Crippen LogP contribution >= 0.6 is 0 Å². The van der Waals surface area contributed by atoms with Crippen molar-refractivity contribution in [1.29, 1.82) is 0 Å². The molecule has 3 atom stereocenters. The van der Waals surface area contributed by atoms with E-state index in [0.29, 0.717) is 18.6 Å². The van der Waals surface area contributed by atoms with Gasteiger partial charge in [-0.25, -0.2) is 8.42 Å². The molecule has 6 nitrogen and oxygen atoms in total. The molecular weight excluding hydrogens is 306 g/mol. The zero-order chi connectivity index (χ0) is 16.5. The Labute approximate surface area is 130 Å². The van der Waals surface area contributed by atoms with Gasteiger partial charge in [0.1, 0.15) is 17.9 Å². The fraction of sp³-hybridized carbons (Fsp3) is 0.533. The summed E-state index contributed by atoms with van der Waals surface area (Å²) in [7, 11) is -3.89. The van der Waals surface area contributed by atoms with Crippen LogP contribution in [0.15, 0.2) is 23.1 Å². The second kappa shape index (κ2) is 6.26. The Morgan fingerprint density at radius 1 is 1.50 bits per heavy atom. The molecule has 0 aliphatic carbocycles. The van der Waals surface area contributed by atoms with E-state index in [9.17, 15) is 18.3 Å². The Morgan fingerprint density at radius 3 is 2.77 bits per heavy atom. The highest BCUT2D eigenvalue weighted by molar-refractivity contribution is 7.89. The van der Waals surface area contributed by atoms with Gasteiger partial charge in [0.2, 0.25) is 10.0 Å². The predicted octanol–water partition coefficient (Wildman–Crippen LogP) is 1.79. The highest BCUT2D eigenvalue weighted by Gasteiger charge is 2.30. The van der Waals surface area contributed by atoms with E-state index in [-0.39, 0.29) is 16.9 Å². The summed E-state index contributed by atoms with van der Waals surface area (Å²) in [5.74, 6) is -0.788. The summed E-state index contributed by atoms with van der Waals surface area (Å²) < 4.78 is 32.7. The first-order valence-electron chi connectivity index (χ1n) is 7.29. The first-order valence-corrected chi connectivity index (χ1v) is 8.77.